The first-order chi connectivity index (χ1) is 13.2. The highest BCUT2D eigenvalue weighted by Crippen LogP contribution is 2.21. The van der Waals surface area contributed by atoms with Crippen LogP contribution >= 0.6 is 22.7 Å². The number of hydrogen-bond acceptors (Lipinski definition) is 4. The van der Waals surface area contributed by atoms with E-state index in [1.54, 1.807) is 0 Å². The number of nitrogens with one attached hydrogen (secondary N) is 1. The number of likely N-dealkylation sites (N-methyl/N-ethyl adjacent to an activating group) is 1. The highest BCUT2D eigenvalue weighted by atomic mass is 32.1. The molecule has 0 aliphatic carbocycles. The molecular formula is C21H32N4S2. The fourth-order valence-electron chi connectivity index (χ4n) is 3.47. The average molecular weight is 405 g/mol. The third kappa shape index (κ3) is 6.63. The first-order valence-electron chi connectivity index (χ1n) is 10.0. The van der Waals surface area contributed by atoms with Crippen molar-refractivity contribution in [1.82, 2.24) is 15.1 Å². The van der Waals surface area contributed by atoms with Crippen LogP contribution in [0.2, 0.25) is 0 Å². The minimum Gasteiger partial charge on any atom is -0.357 e. The van der Waals surface area contributed by atoms with Crippen LogP contribution in [0.4, 0.5) is 0 Å². The molecule has 3 rings (SSSR count). The summed E-state index contributed by atoms with van der Waals surface area (Å²) in [4.78, 5) is 12.7. The lowest BCUT2D eigenvalue weighted by Gasteiger charge is -2.31. The second-order valence-corrected chi connectivity index (χ2v) is 9.31. The van der Waals surface area contributed by atoms with Crippen molar-refractivity contribution in [3.63, 3.8) is 0 Å². The lowest BCUT2D eigenvalue weighted by molar-refractivity contribution is 0.182. The van der Waals surface area contributed by atoms with Crippen LogP contribution in [0, 0.1) is 5.92 Å². The Balaban J connectivity index is 1.44. The molecule has 1 saturated heterocycles. The highest BCUT2D eigenvalue weighted by molar-refractivity contribution is 7.10. The number of likely N-dealkylation sites (tertiary alicyclic amines) is 1. The molecule has 2 aromatic heterocycles. The van der Waals surface area contributed by atoms with Gasteiger partial charge in [-0.2, -0.15) is 0 Å². The zero-order valence-corrected chi connectivity index (χ0v) is 18.2. The molecule has 1 aliphatic rings. The van der Waals surface area contributed by atoms with Gasteiger partial charge in [0.1, 0.15) is 0 Å². The number of thiophene rings is 2. The third-order valence-electron chi connectivity index (χ3n) is 5.14. The number of piperidine rings is 1. The van der Waals surface area contributed by atoms with Gasteiger partial charge in [-0.3, -0.25) is 9.89 Å². The van der Waals surface area contributed by atoms with E-state index in [9.17, 15) is 0 Å². The van der Waals surface area contributed by atoms with Gasteiger partial charge in [0.25, 0.3) is 0 Å². The Kier molecular flexibility index (Phi) is 8.17. The highest BCUT2D eigenvalue weighted by Gasteiger charge is 2.19. The minimum absolute atomic E-state index is 0.712. The monoisotopic (exact) mass is 404 g/mol. The summed E-state index contributed by atoms with van der Waals surface area (Å²) in [6.45, 7) is 8.52. The van der Waals surface area contributed by atoms with Crippen LogP contribution in [0.5, 0.6) is 0 Å². The van der Waals surface area contributed by atoms with E-state index in [1.807, 2.05) is 22.7 Å². The Hall–Kier alpha value is -1.37. The molecule has 3 heterocycles. The molecule has 0 saturated carbocycles. The molecule has 0 amide bonds. The first kappa shape index (κ1) is 20.4. The van der Waals surface area contributed by atoms with E-state index in [-0.39, 0.29) is 0 Å². The molecule has 1 N–H and O–H groups in total. The largest absolute Gasteiger partial charge is 0.357 e. The number of hydrogen-bond donors (Lipinski definition) is 1. The Bertz CT molecular complexity index is 658. The van der Waals surface area contributed by atoms with E-state index in [0.717, 1.165) is 38.6 Å². The Labute approximate surface area is 171 Å². The average Bonchev–Trinajstić information content (AvgIpc) is 3.38. The summed E-state index contributed by atoms with van der Waals surface area (Å²) < 4.78 is 0. The minimum atomic E-state index is 0.712. The molecule has 4 nitrogen and oxygen atoms in total. The van der Waals surface area contributed by atoms with Crippen LogP contribution in [0.1, 0.15) is 29.5 Å². The van der Waals surface area contributed by atoms with Gasteiger partial charge in [-0.25, -0.2) is 0 Å². The topological polar surface area (TPSA) is 30.9 Å². The van der Waals surface area contributed by atoms with Crippen molar-refractivity contribution in [2.24, 2.45) is 10.9 Å². The zero-order chi connectivity index (χ0) is 18.9. The fraction of sp³-hybridized carbons (Fsp3) is 0.571. The van der Waals surface area contributed by atoms with Gasteiger partial charge in [-0.05, 0) is 68.1 Å². The third-order valence-corrected chi connectivity index (χ3v) is 6.93. The Morgan fingerprint density at radius 3 is 2.52 bits per heavy atom. The maximum atomic E-state index is 4.96. The number of nitrogens with zero attached hydrogens (tertiary/aromatic N) is 3. The van der Waals surface area contributed by atoms with Gasteiger partial charge in [0.2, 0.25) is 0 Å². The molecule has 148 valence electrons. The normalized spacial score (nSPS) is 16.6. The Morgan fingerprint density at radius 1 is 1.19 bits per heavy atom. The summed E-state index contributed by atoms with van der Waals surface area (Å²) in [5.74, 6) is 1.76. The molecular weight excluding hydrogens is 372 g/mol. The van der Waals surface area contributed by atoms with Crippen LogP contribution in [0.3, 0.4) is 0 Å². The standard InChI is InChI=1S/C21H32N4S2/c1-3-22-21(24(2)11-10-19-6-4-14-26-19)23-16-18-8-12-25(13-9-18)17-20-7-5-15-27-20/h4-7,14-15,18H,3,8-13,16-17H2,1-2H3,(H,22,23). The summed E-state index contributed by atoms with van der Waals surface area (Å²) in [7, 11) is 2.15. The van der Waals surface area contributed by atoms with Gasteiger partial charge in [-0.1, -0.05) is 12.1 Å². The molecule has 6 heteroatoms. The summed E-state index contributed by atoms with van der Waals surface area (Å²) >= 11 is 3.70. The van der Waals surface area contributed by atoms with Crippen LogP contribution in [0.15, 0.2) is 40.0 Å². The van der Waals surface area contributed by atoms with Crippen LogP contribution in [-0.2, 0) is 13.0 Å². The lowest BCUT2D eigenvalue weighted by Crippen LogP contribution is -2.40. The lowest BCUT2D eigenvalue weighted by atomic mass is 9.97. The molecule has 1 aliphatic heterocycles. The van der Waals surface area contributed by atoms with Gasteiger partial charge >= 0.3 is 0 Å². The smallest absolute Gasteiger partial charge is 0.193 e. The predicted molar refractivity (Wildman–Crippen MR) is 119 cm³/mol. The molecule has 0 spiro atoms. The predicted octanol–water partition coefficient (Wildman–Crippen LogP) is 4.16. The maximum absolute atomic E-state index is 4.96. The van der Waals surface area contributed by atoms with E-state index in [0.29, 0.717) is 5.92 Å². The molecule has 0 bridgehead atoms. The summed E-state index contributed by atoms with van der Waals surface area (Å²) in [5.41, 5.74) is 0. The summed E-state index contributed by atoms with van der Waals surface area (Å²) in [6.07, 6.45) is 3.60. The molecule has 27 heavy (non-hydrogen) atoms. The van der Waals surface area contributed by atoms with Crippen molar-refractivity contribution in [3.8, 4) is 0 Å². The van der Waals surface area contributed by atoms with Crippen LogP contribution in [-0.4, -0.2) is 55.5 Å². The van der Waals surface area contributed by atoms with Gasteiger partial charge < -0.3 is 10.2 Å². The van der Waals surface area contributed by atoms with E-state index >= 15 is 0 Å². The second kappa shape index (κ2) is 10.8. The van der Waals surface area contributed by atoms with E-state index in [1.165, 1.54) is 35.7 Å². The molecule has 2 aromatic rings. The van der Waals surface area contributed by atoms with Crippen molar-refractivity contribution in [2.45, 2.75) is 32.7 Å². The van der Waals surface area contributed by atoms with E-state index < -0.39 is 0 Å². The first-order valence-corrected chi connectivity index (χ1v) is 11.8. The van der Waals surface area contributed by atoms with Crippen LogP contribution in [0.25, 0.3) is 0 Å². The fourth-order valence-corrected chi connectivity index (χ4v) is 4.92. The summed E-state index contributed by atoms with van der Waals surface area (Å²) in [6, 6.07) is 8.74. The van der Waals surface area contributed by atoms with Crippen molar-refractivity contribution < 1.29 is 0 Å². The van der Waals surface area contributed by atoms with Gasteiger partial charge in [-0.15, -0.1) is 22.7 Å². The Morgan fingerprint density at radius 2 is 1.89 bits per heavy atom. The van der Waals surface area contributed by atoms with Gasteiger partial charge in [0.15, 0.2) is 5.96 Å². The number of aliphatic imine (C=N–C) groups is 1. The molecule has 0 radical (unpaired) electrons. The van der Waals surface area contributed by atoms with E-state index in [2.05, 4.69) is 64.1 Å². The summed E-state index contributed by atoms with van der Waals surface area (Å²) in [5, 5.41) is 7.79. The molecule has 0 unspecified atom stereocenters. The molecule has 0 aromatic carbocycles. The van der Waals surface area contributed by atoms with Gasteiger partial charge in [0, 0.05) is 43.0 Å². The van der Waals surface area contributed by atoms with Crippen molar-refractivity contribution >= 4 is 28.6 Å². The van der Waals surface area contributed by atoms with Crippen molar-refractivity contribution in [3.05, 3.63) is 44.8 Å². The van der Waals surface area contributed by atoms with E-state index in [4.69, 9.17) is 4.99 Å². The molecule has 0 atom stereocenters. The zero-order valence-electron chi connectivity index (χ0n) is 16.6. The SMILES string of the molecule is CCNC(=NCC1CCN(Cc2cccs2)CC1)N(C)CCc1cccs1. The van der Waals surface area contributed by atoms with Crippen molar-refractivity contribution in [1.29, 1.82) is 0 Å². The van der Waals surface area contributed by atoms with Crippen molar-refractivity contribution in [2.75, 3.05) is 39.8 Å². The molecule has 1 fully saturated rings. The van der Waals surface area contributed by atoms with Gasteiger partial charge in [0.05, 0.1) is 0 Å². The number of rotatable bonds is 8. The quantitative estimate of drug-likeness (QED) is 0.529. The number of guanidine groups is 1. The second-order valence-electron chi connectivity index (χ2n) is 7.24. The van der Waals surface area contributed by atoms with Crippen LogP contribution < -0.4 is 5.32 Å². The maximum Gasteiger partial charge on any atom is 0.193 e.